The number of benzene rings is 2. The number of hydrogen-bond donors (Lipinski definition) is 0. The number of methoxy groups -OCH3 is 2. The van der Waals surface area contributed by atoms with Gasteiger partial charge in [0.15, 0.2) is 11.5 Å². The van der Waals surface area contributed by atoms with Gasteiger partial charge in [0.25, 0.3) is 0 Å². The SMILES string of the molecule is COc1ccc(CCC2CCCCN2C(=O)CSc2ccc(F)cc2)cc1OC. The molecule has 1 heterocycles. The van der Waals surface area contributed by atoms with Crippen molar-refractivity contribution in [2.24, 2.45) is 0 Å². The van der Waals surface area contributed by atoms with Crippen LogP contribution in [0.1, 0.15) is 31.2 Å². The second-order valence-electron chi connectivity index (χ2n) is 7.21. The van der Waals surface area contributed by atoms with E-state index in [-0.39, 0.29) is 17.8 Å². The summed E-state index contributed by atoms with van der Waals surface area (Å²) in [5.41, 5.74) is 1.18. The van der Waals surface area contributed by atoms with Crippen molar-refractivity contribution in [2.75, 3.05) is 26.5 Å². The van der Waals surface area contributed by atoms with Crippen molar-refractivity contribution in [3.05, 3.63) is 53.8 Å². The summed E-state index contributed by atoms with van der Waals surface area (Å²) in [5, 5.41) is 0. The van der Waals surface area contributed by atoms with E-state index in [4.69, 9.17) is 9.47 Å². The van der Waals surface area contributed by atoms with E-state index in [1.54, 1.807) is 26.4 Å². The van der Waals surface area contributed by atoms with Crippen molar-refractivity contribution in [1.82, 2.24) is 4.90 Å². The maximum absolute atomic E-state index is 13.0. The summed E-state index contributed by atoms with van der Waals surface area (Å²) in [6.45, 7) is 0.819. The molecule has 1 aliphatic rings. The van der Waals surface area contributed by atoms with Crippen LogP contribution in [0.15, 0.2) is 47.4 Å². The van der Waals surface area contributed by atoms with Crippen molar-refractivity contribution < 1.29 is 18.7 Å². The fraction of sp³-hybridized carbons (Fsp3) is 0.435. The predicted molar refractivity (Wildman–Crippen MR) is 114 cm³/mol. The molecule has 156 valence electrons. The van der Waals surface area contributed by atoms with Gasteiger partial charge in [-0.15, -0.1) is 11.8 Å². The first kappa shape index (κ1) is 21.5. The van der Waals surface area contributed by atoms with Gasteiger partial charge in [-0.3, -0.25) is 4.79 Å². The molecule has 1 saturated heterocycles. The lowest BCUT2D eigenvalue weighted by Gasteiger charge is -2.36. The van der Waals surface area contributed by atoms with Gasteiger partial charge in [0.05, 0.1) is 20.0 Å². The number of amides is 1. The highest BCUT2D eigenvalue weighted by molar-refractivity contribution is 8.00. The van der Waals surface area contributed by atoms with Crippen LogP contribution in [-0.4, -0.2) is 43.4 Å². The van der Waals surface area contributed by atoms with E-state index in [1.807, 2.05) is 17.0 Å². The van der Waals surface area contributed by atoms with Gasteiger partial charge >= 0.3 is 0 Å². The zero-order valence-corrected chi connectivity index (χ0v) is 17.8. The van der Waals surface area contributed by atoms with Gasteiger partial charge in [-0.25, -0.2) is 4.39 Å². The molecule has 0 bridgehead atoms. The smallest absolute Gasteiger partial charge is 0.233 e. The molecule has 1 fully saturated rings. The first-order chi connectivity index (χ1) is 14.1. The lowest BCUT2D eigenvalue weighted by Crippen LogP contribution is -2.44. The molecule has 2 aromatic rings. The first-order valence-corrected chi connectivity index (χ1v) is 11.0. The normalized spacial score (nSPS) is 16.5. The van der Waals surface area contributed by atoms with Crippen molar-refractivity contribution >= 4 is 17.7 Å². The number of thioether (sulfide) groups is 1. The fourth-order valence-electron chi connectivity index (χ4n) is 3.76. The molecule has 1 atom stereocenters. The molecule has 29 heavy (non-hydrogen) atoms. The average molecular weight is 418 g/mol. The molecule has 0 N–H and O–H groups in total. The Bertz CT molecular complexity index is 812. The molecule has 3 rings (SSSR count). The Morgan fingerprint density at radius 2 is 1.86 bits per heavy atom. The largest absolute Gasteiger partial charge is 0.493 e. The number of likely N-dealkylation sites (tertiary alicyclic amines) is 1. The molecule has 4 nitrogen and oxygen atoms in total. The minimum absolute atomic E-state index is 0.163. The predicted octanol–water partition coefficient (Wildman–Crippen LogP) is 4.95. The molecule has 1 unspecified atom stereocenters. The van der Waals surface area contributed by atoms with Crippen LogP contribution >= 0.6 is 11.8 Å². The summed E-state index contributed by atoms with van der Waals surface area (Å²) in [6, 6.07) is 12.6. The summed E-state index contributed by atoms with van der Waals surface area (Å²) in [7, 11) is 3.27. The molecular weight excluding hydrogens is 389 g/mol. The van der Waals surface area contributed by atoms with Crippen LogP contribution in [-0.2, 0) is 11.2 Å². The minimum Gasteiger partial charge on any atom is -0.493 e. The highest BCUT2D eigenvalue weighted by Gasteiger charge is 2.26. The van der Waals surface area contributed by atoms with Crippen molar-refractivity contribution in [3.8, 4) is 11.5 Å². The Hall–Kier alpha value is -2.21. The number of aryl methyl sites for hydroxylation is 1. The first-order valence-electron chi connectivity index (χ1n) is 9.99. The molecule has 1 amide bonds. The van der Waals surface area contributed by atoms with E-state index < -0.39 is 0 Å². The number of carbonyl (C=O) groups is 1. The van der Waals surface area contributed by atoms with Gasteiger partial charge in [0, 0.05) is 17.5 Å². The molecule has 0 saturated carbocycles. The van der Waals surface area contributed by atoms with Crippen LogP contribution in [0.5, 0.6) is 11.5 Å². The van der Waals surface area contributed by atoms with Crippen LogP contribution in [0.2, 0.25) is 0 Å². The van der Waals surface area contributed by atoms with Crippen molar-refractivity contribution in [2.45, 2.75) is 43.0 Å². The Morgan fingerprint density at radius 3 is 2.59 bits per heavy atom. The summed E-state index contributed by atoms with van der Waals surface area (Å²) in [4.78, 5) is 15.8. The quantitative estimate of drug-likeness (QED) is 0.570. The van der Waals surface area contributed by atoms with E-state index in [9.17, 15) is 9.18 Å². The zero-order valence-electron chi connectivity index (χ0n) is 17.0. The van der Waals surface area contributed by atoms with Crippen molar-refractivity contribution in [1.29, 1.82) is 0 Å². The van der Waals surface area contributed by atoms with Gasteiger partial charge in [-0.05, 0) is 74.1 Å². The monoisotopic (exact) mass is 417 g/mol. The highest BCUT2D eigenvalue weighted by Crippen LogP contribution is 2.29. The number of halogens is 1. The van der Waals surface area contributed by atoms with Crippen LogP contribution in [0.4, 0.5) is 4.39 Å². The third-order valence-corrected chi connectivity index (χ3v) is 6.33. The second-order valence-corrected chi connectivity index (χ2v) is 8.26. The molecule has 2 aromatic carbocycles. The van der Waals surface area contributed by atoms with Gasteiger partial charge in [0.2, 0.25) is 5.91 Å². The van der Waals surface area contributed by atoms with E-state index in [2.05, 4.69) is 6.07 Å². The third kappa shape index (κ3) is 5.89. The maximum atomic E-state index is 13.0. The molecule has 0 spiro atoms. The minimum atomic E-state index is -0.257. The van der Waals surface area contributed by atoms with E-state index in [0.29, 0.717) is 5.75 Å². The summed E-state index contributed by atoms with van der Waals surface area (Å²) < 4.78 is 23.7. The fourth-order valence-corrected chi connectivity index (χ4v) is 4.54. The number of nitrogens with zero attached hydrogens (tertiary/aromatic N) is 1. The molecule has 6 heteroatoms. The average Bonchev–Trinajstić information content (AvgIpc) is 2.77. The number of carbonyl (C=O) groups excluding carboxylic acids is 1. The summed E-state index contributed by atoms with van der Waals surface area (Å²) in [6.07, 6.45) is 5.08. The lowest BCUT2D eigenvalue weighted by molar-refractivity contribution is -0.132. The van der Waals surface area contributed by atoms with Crippen LogP contribution in [0.25, 0.3) is 0 Å². The molecule has 1 aliphatic heterocycles. The van der Waals surface area contributed by atoms with Gasteiger partial charge in [-0.1, -0.05) is 6.07 Å². The number of hydrogen-bond acceptors (Lipinski definition) is 4. The Morgan fingerprint density at radius 1 is 1.10 bits per heavy atom. The van der Waals surface area contributed by atoms with Gasteiger partial charge < -0.3 is 14.4 Å². The van der Waals surface area contributed by atoms with E-state index in [1.165, 1.54) is 29.5 Å². The summed E-state index contributed by atoms with van der Waals surface area (Å²) in [5.74, 6) is 1.75. The molecule has 0 aliphatic carbocycles. The molecule has 0 radical (unpaired) electrons. The Kier molecular flexibility index (Phi) is 7.81. The van der Waals surface area contributed by atoms with Crippen LogP contribution in [0, 0.1) is 5.82 Å². The van der Waals surface area contributed by atoms with E-state index >= 15 is 0 Å². The maximum Gasteiger partial charge on any atom is 0.233 e. The number of ether oxygens (including phenoxy) is 2. The second kappa shape index (κ2) is 10.5. The van der Waals surface area contributed by atoms with Crippen LogP contribution in [0.3, 0.4) is 0 Å². The third-order valence-electron chi connectivity index (χ3n) is 5.34. The Balaban J connectivity index is 1.57. The van der Waals surface area contributed by atoms with Gasteiger partial charge in [-0.2, -0.15) is 0 Å². The topological polar surface area (TPSA) is 38.8 Å². The number of piperidine rings is 1. The Labute approximate surface area is 176 Å². The molecular formula is C23H28FNO3S. The highest BCUT2D eigenvalue weighted by atomic mass is 32.2. The van der Waals surface area contributed by atoms with Crippen LogP contribution < -0.4 is 9.47 Å². The standard InChI is InChI=1S/C23H28FNO3S/c1-27-21-13-7-17(15-22(21)28-2)6-10-19-5-3-4-14-25(19)23(26)16-29-20-11-8-18(24)9-12-20/h7-9,11-13,15,19H,3-6,10,14,16H2,1-2H3. The number of rotatable bonds is 8. The molecule has 0 aromatic heterocycles. The zero-order chi connectivity index (χ0) is 20.6. The van der Waals surface area contributed by atoms with E-state index in [0.717, 1.165) is 55.0 Å². The summed E-state index contributed by atoms with van der Waals surface area (Å²) >= 11 is 1.47. The lowest BCUT2D eigenvalue weighted by atomic mass is 9.95. The van der Waals surface area contributed by atoms with Crippen molar-refractivity contribution in [3.63, 3.8) is 0 Å². The van der Waals surface area contributed by atoms with Gasteiger partial charge in [0.1, 0.15) is 5.82 Å².